The van der Waals surface area contributed by atoms with Gasteiger partial charge in [0, 0.05) is 11.3 Å². The normalized spacial score (nSPS) is 13.2. The van der Waals surface area contributed by atoms with Crippen LogP contribution in [0.2, 0.25) is 0 Å². The Morgan fingerprint density at radius 3 is 2.94 bits per heavy atom. The van der Waals surface area contributed by atoms with Crippen molar-refractivity contribution in [2.75, 3.05) is 12.4 Å². The van der Waals surface area contributed by atoms with E-state index >= 15 is 0 Å². The summed E-state index contributed by atoms with van der Waals surface area (Å²) in [6.07, 6.45) is 3.46. The maximum atomic E-state index is 11.5. The van der Waals surface area contributed by atoms with Crippen LogP contribution >= 0.6 is 11.3 Å². The van der Waals surface area contributed by atoms with Crippen LogP contribution < -0.4 is 5.32 Å². The number of aromatic nitrogens is 1. The third-order valence-electron chi connectivity index (χ3n) is 2.63. The Morgan fingerprint density at radius 1 is 1.41 bits per heavy atom. The molecule has 1 heterocycles. The summed E-state index contributed by atoms with van der Waals surface area (Å²) in [4.78, 5) is 28.0. The molecule has 1 aliphatic carbocycles. The summed E-state index contributed by atoms with van der Waals surface area (Å²) in [6.45, 7) is 0. The summed E-state index contributed by atoms with van der Waals surface area (Å²) in [5.74, 6) is -0.565. The zero-order valence-corrected chi connectivity index (χ0v) is 10.4. The van der Waals surface area contributed by atoms with Crippen molar-refractivity contribution in [1.82, 2.24) is 4.98 Å². The lowest BCUT2D eigenvalue weighted by molar-refractivity contribution is -0.141. The topological polar surface area (TPSA) is 68.3 Å². The molecule has 5 nitrogen and oxygen atoms in total. The highest BCUT2D eigenvalue weighted by atomic mass is 32.1. The number of rotatable bonds is 4. The number of nitrogens with one attached hydrogen (secondary N) is 1. The van der Waals surface area contributed by atoms with Gasteiger partial charge in [-0.05, 0) is 19.3 Å². The largest absolute Gasteiger partial charge is 0.469 e. The molecular weight excluding hydrogens is 240 g/mol. The highest BCUT2D eigenvalue weighted by Crippen LogP contribution is 2.30. The standard InChI is InChI=1S/C11H14N2O3S/c1-16-10(15)6-5-9(14)13-11-12-7-3-2-4-8(7)17-11/h2-6H2,1H3,(H,12,13,14). The van der Waals surface area contributed by atoms with Crippen LogP contribution in [0.5, 0.6) is 0 Å². The second kappa shape index (κ2) is 5.27. The number of thiazole rings is 1. The number of amides is 1. The fourth-order valence-corrected chi connectivity index (χ4v) is 2.81. The first-order valence-corrected chi connectivity index (χ1v) is 6.36. The molecule has 1 amide bonds. The van der Waals surface area contributed by atoms with Gasteiger partial charge in [0.15, 0.2) is 5.13 Å². The number of ether oxygens (including phenoxy) is 1. The van der Waals surface area contributed by atoms with Gasteiger partial charge in [0.25, 0.3) is 0 Å². The minimum Gasteiger partial charge on any atom is -0.469 e. The van der Waals surface area contributed by atoms with Crippen molar-refractivity contribution in [2.24, 2.45) is 0 Å². The van der Waals surface area contributed by atoms with Gasteiger partial charge in [-0.2, -0.15) is 0 Å². The minimum atomic E-state index is -0.373. The van der Waals surface area contributed by atoms with Crippen molar-refractivity contribution in [3.05, 3.63) is 10.6 Å². The smallest absolute Gasteiger partial charge is 0.306 e. The molecule has 1 aromatic rings. The molecule has 0 unspecified atom stereocenters. The van der Waals surface area contributed by atoms with E-state index in [9.17, 15) is 9.59 Å². The van der Waals surface area contributed by atoms with Gasteiger partial charge in [-0.15, -0.1) is 11.3 Å². The minimum absolute atomic E-state index is 0.105. The summed E-state index contributed by atoms with van der Waals surface area (Å²) in [5, 5.41) is 3.35. The van der Waals surface area contributed by atoms with Crippen LogP contribution in [0.15, 0.2) is 0 Å². The maximum absolute atomic E-state index is 11.5. The molecule has 17 heavy (non-hydrogen) atoms. The number of esters is 1. The summed E-state index contributed by atoms with van der Waals surface area (Å²) < 4.78 is 4.47. The predicted molar refractivity (Wildman–Crippen MR) is 64.0 cm³/mol. The molecule has 1 aromatic heterocycles. The van der Waals surface area contributed by atoms with Crippen LogP contribution in [-0.2, 0) is 27.2 Å². The fraction of sp³-hybridized carbons (Fsp3) is 0.545. The Morgan fingerprint density at radius 2 is 2.24 bits per heavy atom. The monoisotopic (exact) mass is 254 g/mol. The van der Waals surface area contributed by atoms with Gasteiger partial charge in [0.1, 0.15) is 0 Å². The number of anilines is 1. The first-order valence-electron chi connectivity index (χ1n) is 5.54. The van der Waals surface area contributed by atoms with Gasteiger partial charge in [-0.3, -0.25) is 9.59 Å². The van der Waals surface area contributed by atoms with E-state index in [0.29, 0.717) is 5.13 Å². The summed E-state index contributed by atoms with van der Waals surface area (Å²) in [5.41, 5.74) is 1.11. The van der Waals surface area contributed by atoms with E-state index in [0.717, 1.165) is 25.0 Å². The molecular formula is C11H14N2O3S. The SMILES string of the molecule is COC(=O)CCC(=O)Nc1nc2c(s1)CCC2. The number of hydrogen-bond acceptors (Lipinski definition) is 5. The molecule has 6 heteroatoms. The molecule has 0 aliphatic heterocycles. The summed E-state index contributed by atoms with van der Waals surface area (Å²) in [7, 11) is 1.31. The number of carbonyl (C=O) groups excluding carboxylic acids is 2. The van der Waals surface area contributed by atoms with Gasteiger partial charge in [0.2, 0.25) is 5.91 Å². The number of nitrogens with zero attached hydrogens (tertiary/aromatic N) is 1. The van der Waals surface area contributed by atoms with Crippen LogP contribution in [0.25, 0.3) is 0 Å². The molecule has 92 valence electrons. The molecule has 0 radical (unpaired) electrons. The van der Waals surface area contributed by atoms with E-state index in [-0.39, 0.29) is 24.7 Å². The first-order chi connectivity index (χ1) is 8.19. The molecule has 0 atom stereocenters. The lowest BCUT2D eigenvalue weighted by Gasteiger charge is -2.00. The number of hydrogen-bond donors (Lipinski definition) is 1. The number of aryl methyl sites for hydroxylation is 2. The Bertz CT molecular complexity index is 420. The van der Waals surface area contributed by atoms with Gasteiger partial charge >= 0.3 is 5.97 Å². The second-order valence-electron chi connectivity index (χ2n) is 3.87. The molecule has 1 aliphatic rings. The van der Waals surface area contributed by atoms with E-state index in [1.54, 1.807) is 0 Å². The second-order valence-corrected chi connectivity index (χ2v) is 4.95. The molecule has 0 aromatic carbocycles. The van der Waals surface area contributed by atoms with Crippen molar-refractivity contribution in [2.45, 2.75) is 32.1 Å². The van der Waals surface area contributed by atoms with E-state index < -0.39 is 0 Å². The number of methoxy groups -OCH3 is 1. The molecule has 2 rings (SSSR count). The van der Waals surface area contributed by atoms with E-state index in [2.05, 4.69) is 15.0 Å². The van der Waals surface area contributed by atoms with Gasteiger partial charge in [0.05, 0.1) is 19.2 Å². The molecule has 0 saturated carbocycles. The van der Waals surface area contributed by atoms with Crippen LogP contribution in [0.3, 0.4) is 0 Å². The average Bonchev–Trinajstić information content (AvgIpc) is 2.86. The van der Waals surface area contributed by atoms with Crippen molar-refractivity contribution in [3.8, 4) is 0 Å². The predicted octanol–water partition coefficient (Wildman–Crippen LogP) is 1.52. The van der Waals surface area contributed by atoms with Crippen LogP contribution in [0.1, 0.15) is 29.8 Å². The van der Waals surface area contributed by atoms with Gasteiger partial charge in [-0.1, -0.05) is 0 Å². The number of carbonyl (C=O) groups is 2. The van der Waals surface area contributed by atoms with Gasteiger partial charge in [-0.25, -0.2) is 4.98 Å². The molecule has 1 N–H and O–H groups in total. The lowest BCUT2D eigenvalue weighted by atomic mass is 10.3. The van der Waals surface area contributed by atoms with Crippen LogP contribution in [-0.4, -0.2) is 24.0 Å². The Kier molecular flexibility index (Phi) is 3.73. The Hall–Kier alpha value is -1.43. The van der Waals surface area contributed by atoms with Crippen molar-refractivity contribution < 1.29 is 14.3 Å². The highest BCUT2D eigenvalue weighted by molar-refractivity contribution is 7.15. The highest BCUT2D eigenvalue weighted by Gasteiger charge is 2.17. The van der Waals surface area contributed by atoms with E-state index in [1.807, 2.05) is 0 Å². The van der Waals surface area contributed by atoms with Crippen LogP contribution in [0, 0.1) is 0 Å². The molecule has 0 spiro atoms. The zero-order chi connectivity index (χ0) is 12.3. The van der Waals surface area contributed by atoms with Crippen molar-refractivity contribution in [3.63, 3.8) is 0 Å². The lowest BCUT2D eigenvalue weighted by Crippen LogP contribution is -2.13. The molecule has 0 bridgehead atoms. The quantitative estimate of drug-likeness (QED) is 0.827. The number of fused-ring (bicyclic) bond motifs is 1. The summed E-state index contributed by atoms with van der Waals surface area (Å²) >= 11 is 1.53. The zero-order valence-electron chi connectivity index (χ0n) is 9.62. The van der Waals surface area contributed by atoms with Crippen LogP contribution in [0.4, 0.5) is 5.13 Å². The maximum Gasteiger partial charge on any atom is 0.306 e. The van der Waals surface area contributed by atoms with Gasteiger partial charge < -0.3 is 10.1 Å². The third kappa shape index (κ3) is 3.03. The van der Waals surface area contributed by atoms with Crippen molar-refractivity contribution in [1.29, 1.82) is 0 Å². The van der Waals surface area contributed by atoms with Crippen molar-refractivity contribution >= 4 is 28.3 Å². The molecule has 0 fully saturated rings. The first kappa shape index (κ1) is 12.0. The fourth-order valence-electron chi connectivity index (χ4n) is 1.74. The average molecular weight is 254 g/mol. The third-order valence-corrected chi connectivity index (χ3v) is 3.70. The summed E-state index contributed by atoms with van der Waals surface area (Å²) in [6, 6.07) is 0. The molecule has 0 saturated heterocycles. The Labute approximate surface area is 103 Å². The van der Waals surface area contributed by atoms with E-state index in [1.165, 1.54) is 23.3 Å². The van der Waals surface area contributed by atoms with E-state index in [4.69, 9.17) is 0 Å². The Balaban J connectivity index is 1.83.